The zero-order valence-corrected chi connectivity index (χ0v) is 15.3. The minimum Gasteiger partial charge on any atom is -0.452 e. The first-order valence-electron chi connectivity index (χ1n) is 7.54. The molecule has 0 fully saturated rings. The van der Waals surface area contributed by atoms with Crippen LogP contribution >= 0.6 is 23.2 Å². The Kier molecular flexibility index (Phi) is 6.67. The predicted octanol–water partition coefficient (Wildman–Crippen LogP) is 4.52. The molecule has 1 aromatic carbocycles. The lowest BCUT2D eigenvalue weighted by Crippen LogP contribution is -2.30. The third kappa shape index (κ3) is 6.11. The van der Waals surface area contributed by atoms with Gasteiger partial charge in [-0.2, -0.15) is 13.2 Å². The summed E-state index contributed by atoms with van der Waals surface area (Å²) in [6, 6.07) is 5.67. The van der Waals surface area contributed by atoms with Crippen LogP contribution in [0.15, 0.2) is 36.5 Å². The van der Waals surface area contributed by atoms with Gasteiger partial charge in [0.1, 0.15) is 0 Å². The molecule has 0 aliphatic carbocycles. The van der Waals surface area contributed by atoms with E-state index in [0.29, 0.717) is 0 Å². The van der Waals surface area contributed by atoms with E-state index in [0.717, 1.165) is 12.1 Å². The predicted molar refractivity (Wildman–Crippen MR) is 93.6 cm³/mol. The van der Waals surface area contributed by atoms with Crippen molar-refractivity contribution in [3.63, 3.8) is 0 Å². The van der Waals surface area contributed by atoms with Crippen LogP contribution in [0.2, 0.25) is 10.0 Å². The maximum absolute atomic E-state index is 12.7. The Morgan fingerprint density at radius 3 is 2.59 bits per heavy atom. The summed E-state index contributed by atoms with van der Waals surface area (Å²) in [4.78, 5) is 27.8. The smallest absolute Gasteiger partial charge is 0.416 e. The van der Waals surface area contributed by atoms with Gasteiger partial charge in [-0.05, 0) is 24.6 Å². The second-order valence-corrected chi connectivity index (χ2v) is 6.32. The standard InChI is InChI=1S/C17H13Cl2F3N2O3/c1-9(16(26)24-15-13(19)7-12(18)8-23-15)27-14(25)6-10-3-2-4-11(5-10)17(20,21)22/h2-5,7-9H,6H2,1H3,(H,23,24,26). The molecule has 0 radical (unpaired) electrons. The van der Waals surface area contributed by atoms with Crippen molar-refractivity contribution < 1.29 is 27.5 Å². The van der Waals surface area contributed by atoms with Crippen LogP contribution in [0.4, 0.5) is 19.0 Å². The molecule has 1 atom stereocenters. The Bertz CT molecular complexity index is 860. The fourth-order valence-corrected chi connectivity index (χ4v) is 2.47. The molecule has 1 unspecified atom stereocenters. The first kappa shape index (κ1) is 21.0. The summed E-state index contributed by atoms with van der Waals surface area (Å²) in [7, 11) is 0. The number of benzene rings is 1. The molecule has 1 heterocycles. The second kappa shape index (κ2) is 8.58. The molecule has 0 saturated carbocycles. The average molecular weight is 421 g/mol. The molecular weight excluding hydrogens is 408 g/mol. The minimum atomic E-state index is -4.52. The highest BCUT2D eigenvalue weighted by Crippen LogP contribution is 2.29. The van der Waals surface area contributed by atoms with Crippen LogP contribution in [0.25, 0.3) is 0 Å². The van der Waals surface area contributed by atoms with E-state index in [9.17, 15) is 22.8 Å². The van der Waals surface area contributed by atoms with Crippen LogP contribution < -0.4 is 5.32 Å². The van der Waals surface area contributed by atoms with Crippen molar-refractivity contribution in [3.8, 4) is 0 Å². The van der Waals surface area contributed by atoms with E-state index in [1.165, 1.54) is 31.3 Å². The lowest BCUT2D eigenvalue weighted by molar-refractivity contribution is -0.152. The number of carbonyl (C=O) groups is 2. The van der Waals surface area contributed by atoms with Gasteiger partial charge >= 0.3 is 12.1 Å². The third-order valence-corrected chi connectivity index (χ3v) is 3.82. The number of pyridine rings is 1. The van der Waals surface area contributed by atoms with Crippen LogP contribution in [0.3, 0.4) is 0 Å². The topological polar surface area (TPSA) is 68.3 Å². The van der Waals surface area contributed by atoms with Gasteiger partial charge in [0.2, 0.25) is 0 Å². The van der Waals surface area contributed by atoms with Crippen molar-refractivity contribution in [2.75, 3.05) is 5.32 Å². The summed E-state index contributed by atoms with van der Waals surface area (Å²) in [5, 5.41) is 2.74. The van der Waals surface area contributed by atoms with E-state index in [1.54, 1.807) is 0 Å². The van der Waals surface area contributed by atoms with Gasteiger partial charge in [0.25, 0.3) is 5.91 Å². The summed E-state index contributed by atoms with van der Waals surface area (Å²) >= 11 is 11.6. The summed E-state index contributed by atoms with van der Waals surface area (Å²) in [5.41, 5.74) is -0.758. The van der Waals surface area contributed by atoms with Crippen molar-refractivity contribution in [3.05, 3.63) is 57.7 Å². The van der Waals surface area contributed by atoms with Crippen LogP contribution in [0.1, 0.15) is 18.1 Å². The number of nitrogens with one attached hydrogen (secondary N) is 1. The molecule has 0 spiro atoms. The average Bonchev–Trinajstić information content (AvgIpc) is 2.56. The lowest BCUT2D eigenvalue weighted by atomic mass is 10.1. The number of hydrogen-bond donors (Lipinski definition) is 1. The quantitative estimate of drug-likeness (QED) is 0.721. The van der Waals surface area contributed by atoms with Gasteiger partial charge in [-0.15, -0.1) is 0 Å². The molecule has 2 rings (SSSR count). The van der Waals surface area contributed by atoms with Crippen molar-refractivity contribution in [2.24, 2.45) is 0 Å². The Hall–Kier alpha value is -2.32. The van der Waals surface area contributed by atoms with Crippen molar-refractivity contribution in [2.45, 2.75) is 25.6 Å². The fraction of sp³-hybridized carbons (Fsp3) is 0.235. The van der Waals surface area contributed by atoms with Gasteiger partial charge in [0.15, 0.2) is 11.9 Å². The number of anilines is 1. The van der Waals surface area contributed by atoms with Crippen LogP contribution in [-0.4, -0.2) is 23.0 Å². The monoisotopic (exact) mass is 420 g/mol. The SMILES string of the molecule is CC(OC(=O)Cc1cccc(C(F)(F)F)c1)C(=O)Nc1ncc(Cl)cc1Cl. The van der Waals surface area contributed by atoms with Crippen LogP contribution in [-0.2, 0) is 26.9 Å². The van der Waals surface area contributed by atoms with Crippen molar-refractivity contribution in [1.29, 1.82) is 0 Å². The summed E-state index contributed by atoms with van der Waals surface area (Å²) in [6.07, 6.45) is -4.87. The molecule has 1 aromatic heterocycles. The van der Waals surface area contributed by atoms with E-state index >= 15 is 0 Å². The molecule has 0 aliphatic heterocycles. The van der Waals surface area contributed by atoms with Gasteiger partial charge in [-0.25, -0.2) is 4.98 Å². The van der Waals surface area contributed by atoms with Gasteiger partial charge in [0, 0.05) is 6.20 Å². The van der Waals surface area contributed by atoms with E-state index in [1.807, 2.05) is 0 Å². The first-order valence-corrected chi connectivity index (χ1v) is 8.29. The number of aromatic nitrogens is 1. The molecule has 2 aromatic rings. The van der Waals surface area contributed by atoms with E-state index in [4.69, 9.17) is 27.9 Å². The van der Waals surface area contributed by atoms with Crippen molar-refractivity contribution >= 4 is 40.9 Å². The zero-order chi connectivity index (χ0) is 20.2. The molecule has 0 saturated heterocycles. The Morgan fingerprint density at radius 1 is 1.26 bits per heavy atom. The van der Waals surface area contributed by atoms with E-state index < -0.39 is 36.1 Å². The molecular formula is C17H13Cl2F3N2O3. The number of nitrogens with zero attached hydrogens (tertiary/aromatic N) is 1. The highest BCUT2D eigenvalue weighted by atomic mass is 35.5. The van der Waals surface area contributed by atoms with E-state index in [2.05, 4.69) is 10.3 Å². The normalized spacial score (nSPS) is 12.4. The second-order valence-electron chi connectivity index (χ2n) is 5.48. The molecule has 5 nitrogen and oxygen atoms in total. The Morgan fingerprint density at radius 2 is 1.96 bits per heavy atom. The molecule has 0 aliphatic rings. The molecule has 1 amide bonds. The molecule has 27 heavy (non-hydrogen) atoms. The Balaban J connectivity index is 1.96. The maximum Gasteiger partial charge on any atom is 0.416 e. The number of hydrogen-bond acceptors (Lipinski definition) is 4. The van der Waals surface area contributed by atoms with Gasteiger partial charge in [-0.3, -0.25) is 9.59 Å². The largest absolute Gasteiger partial charge is 0.452 e. The number of alkyl halides is 3. The van der Waals surface area contributed by atoms with Crippen LogP contribution in [0, 0.1) is 0 Å². The zero-order valence-electron chi connectivity index (χ0n) is 13.8. The first-order chi connectivity index (χ1) is 12.6. The molecule has 1 N–H and O–H groups in total. The number of halogens is 5. The molecule has 10 heteroatoms. The number of carbonyl (C=O) groups excluding carboxylic acids is 2. The highest BCUT2D eigenvalue weighted by molar-refractivity contribution is 6.36. The fourth-order valence-electron chi connectivity index (χ4n) is 2.04. The highest BCUT2D eigenvalue weighted by Gasteiger charge is 2.30. The van der Waals surface area contributed by atoms with Gasteiger partial charge in [0.05, 0.1) is 22.0 Å². The van der Waals surface area contributed by atoms with Gasteiger partial charge in [-0.1, -0.05) is 41.4 Å². The summed E-state index contributed by atoms with van der Waals surface area (Å²) in [5.74, 6) is -1.52. The lowest BCUT2D eigenvalue weighted by Gasteiger charge is -2.14. The van der Waals surface area contributed by atoms with E-state index in [-0.39, 0.29) is 21.4 Å². The third-order valence-electron chi connectivity index (χ3n) is 3.33. The maximum atomic E-state index is 12.7. The summed E-state index contributed by atoms with van der Waals surface area (Å²) < 4.78 is 43.0. The number of esters is 1. The van der Waals surface area contributed by atoms with Crippen LogP contribution in [0.5, 0.6) is 0 Å². The number of rotatable bonds is 5. The Labute approximate surface area is 162 Å². The molecule has 144 valence electrons. The van der Waals surface area contributed by atoms with Gasteiger partial charge < -0.3 is 10.1 Å². The molecule has 0 bridgehead atoms. The minimum absolute atomic E-state index is 0.0341. The summed E-state index contributed by atoms with van der Waals surface area (Å²) in [6.45, 7) is 1.31. The number of amides is 1. The van der Waals surface area contributed by atoms with Crippen molar-refractivity contribution in [1.82, 2.24) is 4.98 Å². The number of ether oxygens (including phenoxy) is 1.